The lowest BCUT2D eigenvalue weighted by molar-refractivity contribution is -0.535. The van der Waals surface area contributed by atoms with Gasteiger partial charge in [0.05, 0.1) is 24.6 Å². The SMILES string of the molecule is C[Si]1(c2ccccc2)C2=CC(=[N+]3CCCCC3)C=CC2=Nc2ccc(N3CCOCC3)cc21. The number of hydrogen-bond acceptors (Lipinski definition) is 3. The molecular formula is C28H32N3OSi+. The molecule has 0 bridgehead atoms. The van der Waals surface area contributed by atoms with Gasteiger partial charge in [-0.05, 0) is 46.3 Å². The van der Waals surface area contributed by atoms with Crippen LogP contribution < -0.4 is 15.3 Å². The van der Waals surface area contributed by atoms with Crippen molar-refractivity contribution in [2.75, 3.05) is 44.3 Å². The molecule has 1 unspecified atom stereocenters. The van der Waals surface area contributed by atoms with Crippen LogP contribution in [0.2, 0.25) is 6.55 Å². The van der Waals surface area contributed by atoms with E-state index in [9.17, 15) is 0 Å². The Morgan fingerprint density at radius 2 is 1.73 bits per heavy atom. The third-order valence-corrected chi connectivity index (χ3v) is 12.2. The van der Waals surface area contributed by atoms with Crippen molar-refractivity contribution in [2.24, 2.45) is 4.99 Å². The minimum absolute atomic E-state index is 0.802. The third-order valence-electron chi connectivity index (χ3n) is 7.73. The number of nitrogens with zero attached hydrogens (tertiary/aromatic N) is 3. The molecule has 6 rings (SSSR count). The largest absolute Gasteiger partial charge is 0.378 e. The van der Waals surface area contributed by atoms with E-state index in [4.69, 9.17) is 9.73 Å². The summed E-state index contributed by atoms with van der Waals surface area (Å²) in [7, 11) is -2.22. The molecule has 0 radical (unpaired) electrons. The Hall–Kier alpha value is -2.76. The van der Waals surface area contributed by atoms with Gasteiger partial charge in [-0.25, -0.2) is 9.57 Å². The summed E-state index contributed by atoms with van der Waals surface area (Å²) in [6, 6.07) is 18.1. The first-order chi connectivity index (χ1) is 16.2. The van der Waals surface area contributed by atoms with Gasteiger partial charge in [0.15, 0.2) is 13.8 Å². The average Bonchev–Trinajstić information content (AvgIpc) is 2.90. The van der Waals surface area contributed by atoms with Gasteiger partial charge < -0.3 is 9.64 Å². The van der Waals surface area contributed by atoms with Gasteiger partial charge in [-0.2, -0.15) is 0 Å². The highest BCUT2D eigenvalue weighted by Gasteiger charge is 2.44. The Balaban J connectivity index is 1.53. The monoisotopic (exact) mass is 454 g/mol. The predicted octanol–water partition coefficient (Wildman–Crippen LogP) is 3.47. The first-order valence-electron chi connectivity index (χ1n) is 12.4. The summed E-state index contributed by atoms with van der Waals surface area (Å²) in [5.41, 5.74) is 4.97. The number of aliphatic imine (C=N–C) groups is 1. The van der Waals surface area contributed by atoms with Gasteiger partial charge in [0, 0.05) is 43.8 Å². The predicted molar refractivity (Wildman–Crippen MR) is 140 cm³/mol. The Kier molecular flexibility index (Phi) is 5.39. The van der Waals surface area contributed by atoms with E-state index in [1.165, 1.54) is 46.2 Å². The molecule has 2 aromatic rings. The molecule has 3 aliphatic heterocycles. The number of ether oxygens (including phenoxy) is 1. The van der Waals surface area contributed by atoms with E-state index in [2.05, 4.69) is 82.8 Å². The lowest BCUT2D eigenvalue weighted by Crippen LogP contribution is -2.61. The highest BCUT2D eigenvalue weighted by molar-refractivity contribution is 7.10. The maximum absolute atomic E-state index is 5.61. The fourth-order valence-electron chi connectivity index (χ4n) is 5.77. The van der Waals surface area contributed by atoms with E-state index in [-0.39, 0.29) is 0 Å². The van der Waals surface area contributed by atoms with E-state index >= 15 is 0 Å². The van der Waals surface area contributed by atoms with Gasteiger partial charge in [-0.3, -0.25) is 0 Å². The first-order valence-corrected chi connectivity index (χ1v) is 14.9. The van der Waals surface area contributed by atoms with Gasteiger partial charge in [0.2, 0.25) is 0 Å². The fourth-order valence-corrected chi connectivity index (χ4v) is 9.72. The van der Waals surface area contributed by atoms with Crippen LogP contribution in [0.25, 0.3) is 0 Å². The molecule has 0 saturated carbocycles. The van der Waals surface area contributed by atoms with Crippen molar-refractivity contribution < 1.29 is 9.31 Å². The molecule has 2 saturated heterocycles. The van der Waals surface area contributed by atoms with Crippen molar-refractivity contribution in [3.8, 4) is 0 Å². The molecule has 3 heterocycles. The highest BCUT2D eigenvalue weighted by Crippen LogP contribution is 2.33. The van der Waals surface area contributed by atoms with Crippen molar-refractivity contribution in [1.29, 1.82) is 0 Å². The van der Waals surface area contributed by atoms with Crippen LogP contribution >= 0.6 is 0 Å². The molecule has 0 N–H and O–H groups in total. The van der Waals surface area contributed by atoms with Gasteiger partial charge >= 0.3 is 0 Å². The number of hydrogen-bond donors (Lipinski definition) is 0. The molecule has 0 amide bonds. The number of rotatable bonds is 2. The molecule has 5 heteroatoms. The molecule has 4 nitrogen and oxygen atoms in total. The van der Waals surface area contributed by atoms with Crippen molar-refractivity contribution in [1.82, 2.24) is 0 Å². The standard InChI is InChI=1S/C28H32N3OSi/c1-33(24-8-4-2-5-9-24)27-20-22(30-14-6-3-7-15-30)10-12-25(27)29-26-13-11-23(21-28(26)33)31-16-18-32-19-17-31/h2,4-5,8-13,20-21H,3,6-7,14-19H2,1H3/q+1. The second-order valence-electron chi connectivity index (χ2n) is 9.65. The molecule has 1 atom stereocenters. The molecular weight excluding hydrogens is 422 g/mol. The fraction of sp³-hybridized carbons (Fsp3) is 0.357. The average molecular weight is 455 g/mol. The zero-order valence-electron chi connectivity index (χ0n) is 19.5. The van der Waals surface area contributed by atoms with Crippen molar-refractivity contribution in [3.63, 3.8) is 0 Å². The van der Waals surface area contributed by atoms with Crippen molar-refractivity contribution in [3.05, 3.63) is 72.0 Å². The van der Waals surface area contributed by atoms with Crippen LogP contribution in [0.5, 0.6) is 0 Å². The number of fused-ring (bicyclic) bond motifs is 2. The minimum Gasteiger partial charge on any atom is -0.378 e. The maximum Gasteiger partial charge on any atom is 0.199 e. The zero-order valence-corrected chi connectivity index (χ0v) is 20.5. The second kappa shape index (κ2) is 8.54. The summed E-state index contributed by atoms with van der Waals surface area (Å²) >= 11 is 0. The summed E-state index contributed by atoms with van der Waals surface area (Å²) in [6.07, 6.45) is 11.0. The van der Waals surface area contributed by atoms with Gasteiger partial charge in [0.25, 0.3) is 0 Å². The number of morpholine rings is 1. The molecule has 33 heavy (non-hydrogen) atoms. The summed E-state index contributed by atoms with van der Waals surface area (Å²) in [4.78, 5) is 7.64. The number of allylic oxidation sites excluding steroid dienone is 4. The van der Waals surface area contributed by atoms with E-state index in [0.29, 0.717) is 0 Å². The summed E-state index contributed by atoms with van der Waals surface area (Å²) in [6.45, 7) is 8.37. The van der Waals surface area contributed by atoms with Crippen molar-refractivity contribution in [2.45, 2.75) is 25.8 Å². The van der Waals surface area contributed by atoms with Crippen LogP contribution in [0.15, 0.2) is 76.9 Å². The van der Waals surface area contributed by atoms with Crippen LogP contribution in [0.4, 0.5) is 11.4 Å². The molecule has 1 aliphatic carbocycles. The van der Waals surface area contributed by atoms with E-state index in [1.54, 1.807) is 0 Å². The van der Waals surface area contributed by atoms with E-state index in [1.807, 2.05) is 0 Å². The van der Waals surface area contributed by atoms with Crippen LogP contribution in [-0.2, 0) is 4.74 Å². The van der Waals surface area contributed by atoms with Gasteiger partial charge in [-0.1, -0.05) is 36.9 Å². The Morgan fingerprint density at radius 1 is 0.939 bits per heavy atom. The smallest absolute Gasteiger partial charge is 0.199 e. The Labute approximate surface area is 197 Å². The van der Waals surface area contributed by atoms with Gasteiger partial charge in [-0.15, -0.1) is 0 Å². The summed E-state index contributed by atoms with van der Waals surface area (Å²) in [5, 5.41) is 4.33. The Morgan fingerprint density at radius 3 is 2.52 bits per heavy atom. The first kappa shape index (κ1) is 20.8. The van der Waals surface area contributed by atoms with Crippen LogP contribution in [0.1, 0.15) is 19.3 Å². The summed E-state index contributed by atoms with van der Waals surface area (Å²) in [5.74, 6) is 0. The van der Waals surface area contributed by atoms with Crippen LogP contribution in [0.3, 0.4) is 0 Å². The van der Waals surface area contributed by atoms with Crippen LogP contribution in [0, 0.1) is 0 Å². The molecule has 0 aromatic heterocycles. The van der Waals surface area contributed by atoms with E-state index in [0.717, 1.165) is 50.8 Å². The second-order valence-corrected chi connectivity index (χ2v) is 13.6. The third kappa shape index (κ3) is 3.64. The number of anilines is 1. The molecule has 0 spiro atoms. The van der Waals surface area contributed by atoms with Crippen molar-refractivity contribution >= 4 is 41.2 Å². The topological polar surface area (TPSA) is 27.8 Å². The zero-order chi connectivity index (χ0) is 22.3. The normalized spacial score (nSPS) is 24.7. The lowest BCUT2D eigenvalue weighted by Gasteiger charge is -2.38. The minimum atomic E-state index is -2.22. The molecule has 2 aromatic carbocycles. The lowest BCUT2D eigenvalue weighted by atomic mass is 10.1. The summed E-state index contributed by atoms with van der Waals surface area (Å²) < 4.78 is 8.18. The molecule has 4 aliphatic rings. The highest BCUT2D eigenvalue weighted by atomic mass is 28.3. The van der Waals surface area contributed by atoms with E-state index < -0.39 is 8.07 Å². The van der Waals surface area contributed by atoms with Gasteiger partial charge in [0.1, 0.15) is 13.1 Å². The Bertz CT molecular complexity index is 1180. The quantitative estimate of drug-likeness (QED) is 0.395. The molecule has 168 valence electrons. The number of piperidine rings is 1. The van der Waals surface area contributed by atoms with Crippen LogP contribution in [-0.4, -0.2) is 63.5 Å². The number of benzene rings is 2. The maximum atomic E-state index is 5.61. The molecule has 2 fully saturated rings.